The lowest BCUT2D eigenvalue weighted by molar-refractivity contribution is 0.0368. The highest BCUT2D eigenvalue weighted by Gasteiger charge is 2.43. The van der Waals surface area contributed by atoms with Gasteiger partial charge in [0.05, 0.1) is 10.9 Å². The highest BCUT2D eigenvalue weighted by molar-refractivity contribution is 8.77. The summed E-state index contributed by atoms with van der Waals surface area (Å²) in [6.45, 7) is 4.58. The van der Waals surface area contributed by atoms with Gasteiger partial charge in [0.25, 0.3) is 0 Å². The normalized spacial score (nSPS) is 34.9. The molecule has 88 valence electrons. The monoisotopic (exact) mass is 254 g/mol. The summed E-state index contributed by atoms with van der Waals surface area (Å²) in [5, 5.41) is 0. The van der Waals surface area contributed by atoms with E-state index in [1.165, 1.54) is 11.3 Å². The highest BCUT2D eigenvalue weighted by Crippen LogP contribution is 2.53. The average molecular weight is 254 g/mol. The van der Waals surface area contributed by atoms with Crippen LogP contribution in [0.2, 0.25) is 0 Å². The van der Waals surface area contributed by atoms with Gasteiger partial charge < -0.3 is 4.74 Å². The summed E-state index contributed by atoms with van der Waals surface area (Å²) in [7, 11) is 5.74. The minimum Gasteiger partial charge on any atom is -0.379 e. The van der Waals surface area contributed by atoms with Crippen molar-refractivity contribution in [2.24, 2.45) is 5.92 Å². The molecule has 3 heteroatoms. The lowest BCUT2D eigenvalue weighted by atomic mass is 9.87. The first kappa shape index (κ1) is 12.3. The van der Waals surface area contributed by atoms with Crippen LogP contribution in [-0.2, 0) is 9.48 Å². The molecule has 3 atom stereocenters. The number of hydrogen-bond acceptors (Lipinski definition) is 3. The molecule has 1 aromatic rings. The second-order valence-electron chi connectivity index (χ2n) is 4.47. The van der Waals surface area contributed by atoms with Gasteiger partial charge in [0.2, 0.25) is 0 Å². The summed E-state index contributed by atoms with van der Waals surface area (Å²) in [4.78, 5) is 0. The van der Waals surface area contributed by atoms with E-state index in [1.54, 1.807) is 0 Å². The maximum absolute atomic E-state index is 5.74. The third-order valence-electron chi connectivity index (χ3n) is 3.22. The minimum atomic E-state index is 0.0678. The lowest BCUT2D eigenvalue weighted by Gasteiger charge is -2.43. The van der Waals surface area contributed by atoms with Crippen molar-refractivity contribution in [3.8, 4) is 0 Å². The molecule has 2 rings (SSSR count). The van der Waals surface area contributed by atoms with Crippen molar-refractivity contribution in [2.75, 3.05) is 12.9 Å². The molecule has 1 fully saturated rings. The molecule has 0 aliphatic carbocycles. The summed E-state index contributed by atoms with van der Waals surface area (Å²) in [6.07, 6.45) is 0.293. The molecule has 1 nitrogen and oxygen atoms in total. The Morgan fingerprint density at radius 3 is 2.62 bits per heavy atom. The predicted octanol–water partition coefficient (Wildman–Crippen LogP) is 3.95. The van der Waals surface area contributed by atoms with Crippen LogP contribution in [0.3, 0.4) is 0 Å². The lowest BCUT2D eigenvalue weighted by Crippen LogP contribution is -2.42. The standard InChI is InChI=1S/C13H18OS2/c1-10-9-15-16-13(2,12(10)14-3)11-7-5-4-6-8-11/h4-8,10,12H,9H2,1-3H3. The van der Waals surface area contributed by atoms with E-state index in [9.17, 15) is 0 Å². The molecular weight excluding hydrogens is 236 g/mol. The van der Waals surface area contributed by atoms with Gasteiger partial charge in [-0.2, -0.15) is 0 Å². The molecule has 1 aliphatic rings. The van der Waals surface area contributed by atoms with E-state index in [4.69, 9.17) is 4.74 Å². The zero-order valence-corrected chi connectivity index (χ0v) is 11.6. The van der Waals surface area contributed by atoms with Crippen LogP contribution in [0.4, 0.5) is 0 Å². The first-order valence-corrected chi connectivity index (χ1v) is 7.89. The zero-order chi connectivity index (χ0) is 11.6. The fraction of sp³-hybridized carbons (Fsp3) is 0.538. The highest BCUT2D eigenvalue weighted by atomic mass is 33.1. The van der Waals surface area contributed by atoms with Gasteiger partial charge >= 0.3 is 0 Å². The van der Waals surface area contributed by atoms with E-state index in [0.29, 0.717) is 12.0 Å². The maximum atomic E-state index is 5.74. The molecule has 0 radical (unpaired) electrons. The minimum absolute atomic E-state index is 0.0678. The molecule has 0 aromatic heterocycles. The molecule has 16 heavy (non-hydrogen) atoms. The van der Waals surface area contributed by atoms with E-state index in [-0.39, 0.29) is 4.75 Å². The summed E-state index contributed by atoms with van der Waals surface area (Å²) in [5.41, 5.74) is 1.37. The molecule has 3 unspecified atom stereocenters. The quantitative estimate of drug-likeness (QED) is 0.740. The van der Waals surface area contributed by atoms with Crippen LogP contribution in [0.5, 0.6) is 0 Å². The Balaban J connectivity index is 2.34. The molecule has 1 saturated heterocycles. The molecule has 0 bridgehead atoms. The van der Waals surface area contributed by atoms with E-state index < -0.39 is 0 Å². The third-order valence-corrected chi connectivity index (χ3v) is 6.62. The van der Waals surface area contributed by atoms with Gasteiger partial charge in [0.1, 0.15) is 0 Å². The smallest absolute Gasteiger partial charge is 0.0798 e. The van der Waals surface area contributed by atoms with Gasteiger partial charge in [-0.3, -0.25) is 0 Å². The van der Waals surface area contributed by atoms with Crippen LogP contribution < -0.4 is 0 Å². The van der Waals surface area contributed by atoms with Crippen molar-refractivity contribution in [3.63, 3.8) is 0 Å². The molecule has 1 aromatic carbocycles. The van der Waals surface area contributed by atoms with Crippen LogP contribution in [0, 0.1) is 5.92 Å². The van der Waals surface area contributed by atoms with Crippen LogP contribution in [0.15, 0.2) is 30.3 Å². The Labute approximate surface area is 106 Å². The number of hydrogen-bond donors (Lipinski definition) is 0. The predicted molar refractivity (Wildman–Crippen MR) is 73.8 cm³/mol. The van der Waals surface area contributed by atoms with Crippen molar-refractivity contribution >= 4 is 21.6 Å². The van der Waals surface area contributed by atoms with Crippen molar-refractivity contribution in [1.82, 2.24) is 0 Å². The Kier molecular flexibility index (Phi) is 3.88. The van der Waals surface area contributed by atoms with E-state index >= 15 is 0 Å². The molecule has 0 amide bonds. The van der Waals surface area contributed by atoms with Crippen molar-refractivity contribution in [1.29, 1.82) is 0 Å². The first-order chi connectivity index (χ1) is 7.68. The van der Waals surface area contributed by atoms with Gasteiger partial charge in [-0.15, -0.1) is 0 Å². The molecule has 0 spiro atoms. The van der Waals surface area contributed by atoms with E-state index in [1.807, 2.05) is 28.7 Å². The van der Waals surface area contributed by atoms with Gasteiger partial charge in [0, 0.05) is 12.9 Å². The van der Waals surface area contributed by atoms with Crippen molar-refractivity contribution in [2.45, 2.75) is 24.7 Å². The fourth-order valence-electron chi connectivity index (χ4n) is 2.38. The summed E-state index contributed by atoms with van der Waals surface area (Å²) in [6, 6.07) is 10.7. The number of rotatable bonds is 2. The maximum Gasteiger partial charge on any atom is 0.0798 e. The van der Waals surface area contributed by atoms with Crippen LogP contribution in [0.1, 0.15) is 19.4 Å². The SMILES string of the molecule is COC1C(C)CSSC1(C)c1ccccc1. The third kappa shape index (κ3) is 2.13. The first-order valence-electron chi connectivity index (χ1n) is 5.57. The van der Waals surface area contributed by atoms with Crippen LogP contribution in [-0.4, -0.2) is 19.0 Å². The summed E-state index contributed by atoms with van der Waals surface area (Å²) in [5.74, 6) is 1.77. The molecule has 1 aliphatic heterocycles. The molecule has 1 heterocycles. The van der Waals surface area contributed by atoms with Gasteiger partial charge in [0.15, 0.2) is 0 Å². The Bertz CT molecular complexity index is 341. The second kappa shape index (κ2) is 5.03. The fourth-order valence-corrected chi connectivity index (χ4v) is 5.89. The number of benzene rings is 1. The van der Waals surface area contributed by atoms with Crippen LogP contribution in [0.25, 0.3) is 0 Å². The largest absolute Gasteiger partial charge is 0.379 e. The average Bonchev–Trinajstić information content (AvgIpc) is 2.30. The topological polar surface area (TPSA) is 9.23 Å². The Morgan fingerprint density at radius 1 is 1.31 bits per heavy atom. The summed E-state index contributed by atoms with van der Waals surface area (Å²) >= 11 is 0. The number of methoxy groups -OCH3 is 1. The Morgan fingerprint density at radius 2 is 2.00 bits per heavy atom. The zero-order valence-electron chi connectivity index (χ0n) is 9.97. The molecule has 0 saturated carbocycles. The molecular formula is C13H18OS2. The van der Waals surface area contributed by atoms with Crippen LogP contribution >= 0.6 is 21.6 Å². The van der Waals surface area contributed by atoms with Crippen molar-refractivity contribution in [3.05, 3.63) is 35.9 Å². The van der Waals surface area contributed by atoms with E-state index in [2.05, 4.69) is 44.2 Å². The van der Waals surface area contributed by atoms with Gasteiger partial charge in [-0.05, 0) is 18.4 Å². The van der Waals surface area contributed by atoms with Crippen molar-refractivity contribution < 1.29 is 4.74 Å². The molecule has 0 N–H and O–H groups in total. The Hall–Kier alpha value is -0.120. The second-order valence-corrected chi connectivity index (χ2v) is 7.27. The van der Waals surface area contributed by atoms with Gasteiger partial charge in [-0.25, -0.2) is 0 Å². The number of ether oxygens (including phenoxy) is 1. The van der Waals surface area contributed by atoms with Gasteiger partial charge in [-0.1, -0.05) is 58.8 Å². The van der Waals surface area contributed by atoms with E-state index in [0.717, 1.165) is 0 Å². The summed E-state index contributed by atoms with van der Waals surface area (Å²) < 4.78 is 5.81.